The van der Waals surface area contributed by atoms with Gasteiger partial charge in [0.2, 0.25) is 0 Å². The molecule has 182 valence electrons. The largest absolute Gasteiger partial charge is 0.543 e. The molecule has 34 heavy (non-hydrogen) atoms. The summed E-state index contributed by atoms with van der Waals surface area (Å²) in [7, 11) is 1.30. The molecular weight excluding hydrogens is 480 g/mol. The molecule has 0 saturated carbocycles. The monoisotopic (exact) mass is 506 g/mol. The Morgan fingerprint density at radius 1 is 1.35 bits per heavy atom. The van der Waals surface area contributed by atoms with Gasteiger partial charge in [-0.1, -0.05) is 5.16 Å². The average Bonchev–Trinajstić information content (AvgIpc) is 3.27. The van der Waals surface area contributed by atoms with Crippen LogP contribution in [-0.4, -0.2) is 81.3 Å². The third kappa shape index (κ3) is 3.40. The van der Waals surface area contributed by atoms with Crippen LogP contribution in [0.3, 0.4) is 0 Å². The van der Waals surface area contributed by atoms with Gasteiger partial charge in [0.25, 0.3) is 11.8 Å². The van der Waals surface area contributed by atoms with Crippen LogP contribution in [0.1, 0.15) is 31.9 Å². The number of rotatable bonds is 6. The molecule has 13 heteroatoms. The minimum atomic E-state index is -1.35. The molecule has 4 fully saturated rings. The van der Waals surface area contributed by atoms with Crippen molar-refractivity contribution in [3.05, 3.63) is 22.5 Å². The Morgan fingerprint density at radius 3 is 2.59 bits per heavy atom. The van der Waals surface area contributed by atoms with E-state index < -0.39 is 28.7 Å². The maximum absolute atomic E-state index is 13.4. The van der Waals surface area contributed by atoms with E-state index in [0.717, 1.165) is 61.8 Å². The van der Waals surface area contributed by atoms with E-state index in [1.165, 1.54) is 23.8 Å². The summed E-state index contributed by atoms with van der Waals surface area (Å²) < 4.78 is 0.627. The predicted molar refractivity (Wildman–Crippen MR) is 124 cm³/mol. The third-order valence-corrected chi connectivity index (χ3v) is 9.59. The lowest BCUT2D eigenvalue weighted by molar-refractivity contribution is -0.908. The Bertz CT molecular complexity index is 1110. The molecule has 1 aromatic heterocycles. The maximum atomic E-state index is 13.4. The number of oxime groups is 1. The highest BCUT2D eigenvalue weighted by atomic mass is 32.2. The molecule has 0 spiro atoms. The molecule has 2 atom stereocenters. The molecule has 1 aromatic rings. The number of nitrogens with zero attached hydrogens (tertiary/aromatic N) is 4. The van der Waals surface area contributed by atoms with Crippen molar-refractivity contribution in [2.75, 3.05) is 38.2 Å². The van der Waals surface area contributed by atoms with E-state index in [1.54, 1.807) is 12.3 Å². The van der Waals surface area contributed by atoms with Crippen LogP contribution in [0.4, 0.5) is 5.13 Å². The highest BCUT2D eigenvalue weighted by Crippen LogP contribution is 2.49. The number of carboxylic acids is 1. The van der Waals surface area contributed by atoms with Crippen molar-refractivity contribution < 1.29 is 28.8 Å². The summed E-state index contributed by atoms with van der Waals surface area (Å²) >= 11 is 2.61. The van der Waals surface area contributed by atoms with Gasteiger partial charge in [-0.2, -0.15) is 0 Å². The first-order valence-electron chi connectivity index (χ1n) is 11.1. The fraction of sp³-hybridized carbons (Fsp3) is 0.571. The lowest BCUT2D eigenvalue weighted by Gasteiger charge is -2.59. The SMILES string of the molecule is CO/N=C(\C(=O)NC1(C)C(=O)N2C(C(=O)[O-])=C([N+]34CCC(CC3)CC4)CS[C@H]21)c1csc(N)n1. The van der Waals surface area contributed by atoms with E-state index in [1.807, 2.05) is 0 Å². The highest BCUT2D eigenvalue weighted by molar-refractivity contribution is 8.00. The van der Waals surface area contributed by atoms with Crippen molar-refractivity contribution in [1.29, 1.82) is 0 Å². The summed E-state index contributed by atoms with van der Waals surface area (Å²) in [5.74, 6) is -1.31. The van der Waals surface area contributed by atoms with Crippen molar-refractivity contribution in [3.63, 3.8) is 0 Å². The van der Waals surface area contributed by atoms with Crippen molar-refractivity contribution in [2.24, 2.45) is 11.1 Å². The number of piperidine rings is 3. The summed E-state index contributed by atoms with van der Waals surface area (Å²) in [4.78, 5) is 48.9. The van der Waals surface area contributed by atoms with E-state index in [9.17, 15) is 19.5 Å². The molecule has 6 rings (SSSR count). The summed E-state index contributed by atoms with van der Waals surface area (Å²) in [5, 5.41) is 20.1. The molecule has 11 nitrogen and oxygen atoms in total. The number of carboxylic acid groups (broad SMARTS) is 1. The number of anilines is 1. The van der Waals surface area contributed by atoms with Crippen LogP contribution in [0.5, 0.6) is 0 Å². The average molecular weight is 507 g/mol. The number of carbonyl (C=O) groups excluding carboxylic acids is 3. The number of thiazole rings is 1. The van der Waals surface area contributed by atoms with Crippen LogP contribution in [-0.2, 0) is 19.2 Å². The van der Waals surface area contributed by atoms with Gasteiger partial charge in [0.1, 0.15) is 35.1 Å². The van der Waals surface area contributed by atoms with Crippen molar-refractivity contribution >= 4 is 51.7 Å². The Morgan fingerprint density at radius 2 is 2.03 bits per heavy atom. The Balaban J connectivity index is 1.42. The number of aliphatic carboxylic acids is 1. The molecule has 3 N–H and O–H groups in total. The van der Waals surface area contributed by atoms with Gasteiger partial charge in [0, 0.05) is 24.6 Å². The Kier molecular flexibility index (Phi) is 5.60. The predicted octanol–water partition coefficient (Wildman–Crippen LogP) is -0.542. The van der Waals surface area contributed by atoms with Gasteiger partial charge < -0.3 is 25.8 Å². The number of hydrogen-bond donors (Lipinski definition) is 2. The minimum absolute atomic E-state index is 0.0288. The Labute approximate surface area is 204 Å². The summed E-state index contributed by atoms with van der Waals surface area (Å²) in [6.45, 7) is 4.28. The molecule has 5 aliphatic rings. The van der Waals surface area contributed by atoms with E-state index in [4.69, 9.17) is 10.6 Å². The fourth-order valence-electron chi connectivity index (χ4n) is 5.62. The first kappa shape index (κ1) is 23.1. The number of aromatic nitrogens is 1. The van der Waals surface area contributed by atoms with Gasteiger partial charge >= 0.3 is 0 Å². The number of quaternary nitrogens is 1. The maximum Gasteiger partial charge on any atom is 0.276 e. The quantitative estimate of drug-likeness (QED) is 0.226. The molecule has 4 saturated heterocycles. The standard InChI is InChI=1S/C21H26N6O5S2/c1-21(24-16(28)14(25-32-2)12-9-34-20(22)23-12)18(31)26-15(17(29)30)13(10-33-19(21)26)27-6-3-11(4-7-27)5-8-27/h9,11,19H,3-8,10H2,1-2H3,(H3-,22,23,24,28,29,30)/b25-14-/t11?,19-,21?,27?/m0/s1. The number of hydrogen-bond acceptors (Lipinski definition) is 10. The van der Waals surface area contributed by atoms with E-state index in [2.05, 4.69) is 15.5 Å². The lowest BCUT2D eigenvalue weighted by atomic mass is 9.84. The van der Waals surface area contributed by atoms with E-state index >= 15 is 0 Å². The van der Waals surface area contributed by atoms with Crippen molar-refractivity contribution in [2.45, 2.75) is 37.1 Å². The van der Waals surface area contributed by atoms with Crippen LogP contribution in [0, 0.1) is 5.92 Å². The second-order valence-corrected chi connectivity index (χ2v) is 11.3. The normalized spacial score (nSPS) is 32.8. The zero-order chi connectivity index (χ0) is 24.3. The molecule has 2 amide bonds. The molecule has 0 aliphatic carbocycles. The molecule has 0 radical (unpaired) electrons. The number of β-lactam (4-membered cyclic amide) rings is 1. The molecular formula is C21H26N6O5S2. The number of nitrogens with one attached hydrogen (secondary N) is 1. The summed E-state index contributed by atoms with van der Waals surface area (Å²) in [6, 6.07) is 0. The van der Waals surface area contributed by atoms with Gasteiger partial charge in [0.15, 0.2) is 10.8 Å². The molecule has 5 aliphatic heterocycles. The number of nitrogen functional groups attached to an aromatic ring is 1. The van der Waals surface area contributed by atoms with Crippen molar-refractivity contribution in [3.8, 4) is 0 Å². The minimum Gasteiger partial charge on any atom is -0.543 e. The summed E-state index contributed by atoms with van der Waals surface area (Å²) in [6.07, 6.45) is 3.22. The van der Waals surface area contributed by atoms with Gasteiger partial charge in [-0.3, -0.25) is 19.0 Å². The summed E-state index contributed by atoms with van der Waals surface area (Å²) in [5.41, 5.74) is 5.21. The van der Waals surface area contributed by atoms with Crippen LogP contribution in [0.25, 0.3) is 0 Å². The smallest absolute Gasteiger partial charge is 0.276 e. The lowest BCUT2D eigenvalue weighted by Crippen LogP contribution is -2.79. The molecule has 0 aromatic carbocycles. The number of fused-ring (bicyclic) bond motifs is 4. The molecule has 2 bridgehead atoms. The van der Waals surface area contributed by atoms with Crippen LogP contribution in [0.15, 0.2) is 21.9 Å². The van der Waals surface area contributed by atoms with Crippen LogP contribution < -0.4 is 16.2 Å². The number of carbonyl (C=O) groups is 3. The van der Waals surface area contributed by atoms with Gasteiger partial charge in [-0.05, 0) is 12.8 Å². The van der Waals surface area contributed by atoms with E-state index in [-0.39, 0.29) is 22.2 Å². The van der Waals surface area contributed by atoms with Crippen LogP contribution in [0.2, 0.25) is 0 Å². The first-order chi connectivity index (χ1) is 16.2. The van der Waals surface area contributed by atoms with Gasteiger partial charge in [-0.25, -0.2) is 4.98 Å². The number of nitrogens with two attached hydrogens (primary N) is 1. The topological polar surface area (TPSA) is 150 Å². The molecule has 1 unspecified atom stereocenters. The molecule has 6 heterocycles. The zero-order valence-electron chi connectivity index (χ0n) is 18.9. The highest BCUT2D eigenvalue weighted by Gasteiger charge is 2.64. The Hall–Kier alpha value is -2.64. The van der Waals surface area contributed by atoms with Gasteiger partial charge in [-0.15, -0.1) is 23.1 Å². The second-order valence-electron chi connectivity index (χ2n) is 9.32. The number of amides is 2. The van der Waals surface area contributed by atoms with E-state index in [0.29, 0.717) is 10.2 Å². The fourth-order valence-corrected chi connectivity index (χ4v) is 7.74. The zero-order valence-corrected chi connectivity index (χ0v) is 20.5. The second kappa shape index (κ2) is 8.24. The third-order valence-electron chi connectivity index (χ3n) is 7.48. The van der Waals surface area contributed by atoms with Crippen molar-refractivity contribution in [1.82, 2.24) is 15.2 Å². The number of thioether (sulfide) groups is 1. The van der Waals surface area contributed by atoms with Gasteiger partial charge in [0.05, 0.1) is 31.4 Å². The first-order valence-corrected chi connectivity index (χ1v) is 13.0. The van der Waals surface area contributed by atoms with Crippen LogP contribution >= 0.6 is 23.1 Å².